The van der Waals surface area contributed by atoms with Crippen molar-refractivity contribution in [2.24, 2.45) is 0 Å². The number of aliphatic carboxylic acids is 1. The van der Waals surface area contributed by atoms with Crippen molar-refractivity contribution in [1.82, 2.24) is 4.98 Å². The van der Waals surface area contributed by atoms with Crippen LogP contribution in [0.1, 0.15) is 24.0 Å². The molecule has 1 aromatic carbocycles. The van der Waals surface area contributed by atoms with Gasteiger partial charge in [-0.05, 0) is 43.5 Å². The van der Waals surface area contributed by atoms with Crippen LogP contribution in [0.3, 0.4) is 0 Å². The number of pyridine rings is 1. The van der Waals surface area contributed by atoms with Crippen LogP contribution in [0.2, 0.25) is 0 Å². The minimum atomic E-state index is -0.764. The Hall–Kier alpha value is -2.10. The molecule has 0 atom stereocenters. The molecule has 0 radical (unpaired) electrons. The summed E-state index contributed by atoms with van der Waals surface area (Å²) in [5.74, 6) is 0.0427. The Bertz CT molecular complexity index is 608. The summed E-state index contributed by atoms with van der Waals surface area (Å²) >= 11 is 0. The van der Waals surface area contributed by atoms with Gasteiger partial charge in [-0.25, -0.2) is 4.98 Å². The number of carboxylic acids is 1. The van der Waals surface area contributed by atoms with Crippen LogP contribution in [-0.4, -0.2) is 22.6 Å². The second-order valence-electron chi connectivity index (χ2n) is 4.77. The smallest absolute Gasteiger partial charge is 0.303 e. The molecule has 0 amide bonds. The van der Waals surface area contributed by atoms with E-state index in [9.17, 15) is 4.79 Å². The number of nitrogens with zero attached hydrogens (tertiary/aromatic N) is 1. The molecular formula is C15H18N2O2. The molecule has 2 aromatic rings. The topological polar surface area (TPSA) is 62.2 Å². The van der Waals surface area contributed by atoms with Gasteiger partial charge in [0.05, 0.1) is 5.52 Å². The maximum Gasteiger partial charge on any atom is 0.303 e. The van der Waals surface area contributed by atoms with E-state index in [-0.39, 0.29) is 6.42 Å². The summed E-state index contributed by atoms with van der Waals surface area (Å²) in [6.07, 6.45) is 0.778. The monoisotopic (exact) mass is 258 g/mol. The van der Waals surface area contributed by atoms with Crippen LogP contribution in [0.4, 0.5) is 5.82 Å². The molecule has 4 heteroatoms. The molecule has 0 aliphatic heterocycles. The van der Waals surface area contributed by atoms with Crippen LogP contribution in [0.5, 0.6) is 0 Å². The van der Waals surface area contributed by atoms with Gasteiger partial charge in [0.15, 0.2) is 0 Å². The lowest BCUT2D eigenvalue weighted by Crippen LogP contribution is -2.06. The van der Waals surface area contributed by atoms with Gasteiger partial charge in [-0.15, -0.1) is 0 Å². The fraction of sp³-hybridized carbons (Fsp3) is 0.333. The van der Waals surface area contributed by atoms with Gasteiger partial charge in [-0.1, -0.05) is 12.1 Å². The molecule has 0 fully saturated rings. The normalized spacial score (nSPS) is 10.6. The maximum atomic E-state index is 10.4. The third kappa shape index (κ3) is 3.44. The number of fused-ring (bicyclic) bond motifs is 1. The quantitative estimate of drug-likeness (QED) is 0.809. The van der Waals surface area contributed by atoms with E-state index in [0.717, 1.165) is 16.7 Å². The summed E-state index contributed by atoms with van der Waals surface area (Å²) in [5.41, 5.74) is 3.33. The molecule has 100 valence electrons. The molecule has 2 N–H and O–H groups in total. The van der Waals surface area contributed by atoms with E-state index >= 15 is 0 Å². The fourth-order valence-electron chi connectivity index (χ4n) is 2.06. The Balaban J connectivity index is 2.13. The van der Waals surface area contributed by atoms with Crippen LogP contribution in [-0.2, 0) is 4.79 Å². The molecular weight excluding hydrogens is 240 g/mol. The lowest BCUT2D eigenvalue weighted by molar-refractivity contribution is -0.137. The average molecular weight is 258 g/mol. The number of hydrogen-bond acceptors (Lipinski definition) is 3. The SMILES string of the molecule is Cc1ccc2c(C)cc(NCCCC(=O)O)nc2c1. The van der Waals surface area contributed by atoms with Crippen LogP contribution in [0.15, 0.2) is 24.3 Å². The van der Waals surface area contributed by atoms with Crippen LogP contribution in [0, 0.1) is 13.8 Å². The summed E-state index contributed by atoms with van der Waals surface area (Å²) in [5, 5.41) is 12.9. The van der Waals surface area contributed by atoms with Gasteiger partial charge in [0.2, 0.25) is 0 Å². The first kappa shape index (κ1) is 13.3. The first-order valence-corrected chi connectivity index (χ1v) is 6.40. The highest BCUT2D eigenvalue weighted by atomic mass is 16.4. The Kier molecular flexibility index (Phi) is 4.00. The second kappa shape index (κ2) is 5.69. The Morgan fingerprint density at radius 3 is 2.84 bits per heavy atom. The van der Waals surface area contributed by atoms with Gasteiger partial charge >= 0.3 is 5.97 Å². The van der Waals surface area contributed by atoms with Gasteiger partial charge in [0.1, 0.15) is 5.82 Å². The molecule has 2 rings (SSSR count). The third-order valence-electron chi connectivity index (χ3n) is 3.05. The van der Waals surface area contributed by atoms with E-state index < -0.39 is 5.97 Å². The van der Waals surface area contributed by atoms with Gasteiger partial charge in [-0.2, -0.15) is 0 Å². The molecule has 0 unspecified atom stereocenters. The highest BCUT2D eigenvalue weighted by Gasteiger charge is 2.03. The van der Waals surface area contributed by atoms with E-state index in [2.05, 4.69) is 35.4 Å². The zero-order chi connectivity index (χ0) is 13.8. The highest BCUT2D eigenvalue weighted by molar-refractivity contribution is 5.84. The van der Waals surface area contributed by atoms with Crippen molar-refractivity contribution in [2.45, 2.75) is 26.7 Å². The average Bonchev–Trinajstić information content (AvgIpc) is 2.34. The lowest BCUT2D eigenvalue weighted by atomic mass is 10.1. The molecule has 0 aliphatic rings. The Morgan fingerprint density at radius 2 is 2.11 bits per heavy atom. The number of aryl methyl sites for hydroxylation is 2. The molecule has 0 aliphatic carbocycles. The minimum Gasteiger partial charge on any atom is -0.481 e. The molecule has 1 heterocycles. The van der Waals surface area contributed by atoms with E-state index in [1.165, 1.54) is 11.1 Å². The second-order valence-corrected chi connectivity index (χ2v) is 4.77. The number of hydrogen-bond donors (Lipinski definition) is 2. The number of aromatic nitrogens is 1. The van der Waals surface area contributed by atoms with Crippen molar-refractivity contribution in [1.29, 1.82) is 0 Å². The molecule has 1 aromatic heterocycles. The standard InChI is InChI=1S/C15H18N2O2/c1-10-5-6-12-11(2)9-14(17-13(12)8-10)16-7-3-4-15(18)19/h5-6,8-9H,3-4,7H2,1-2H3,(H,16,17)(H,18,19). The number of rotatable bonds is 5. The van der Waals surface area contributed by atoms with Crippen LogP contribution >= 0.6 is 0 Å². The fourth-order valence-corrected chi connectivity index (χ4v) is 2.06. The van der Waals surface area contributed by atoms with E-state index in [0.29, 0.717) is 13.0 Å². The number of benzene rings is 1. The molecule has 0 spiro atoms. The van der Waals surface area contributed by atoms with Gasteiger partial charge in [-0.3, -0.25) is 4.79 Å². The Morgan fingerprint density at radius 1 is 1.32 bits per heavy atom. The number of carbonyl (C=O) groups is 1. The Labute approximate surface area is 112 Å². The number of anilines is 1. The highest BCUT2D eigenvalue weighted by Crippen LogP contribution is 2.21. The number of carboxylic acid groups (broad SMARTS) is 1. The summed E-state index contributed by atoms with van der Waals surface area (Å²) in [6.45, 7) is 4.72. The van der Waals surface area contributed by atoms with Crippen molar-refractivity contribution in [2.75, 3.05) is 11.9 Å². The molecule has 0 saturated heterocycles. The van der Waals surface area contributed by atoms with Crippen LogP contribution in [0.25, 0.3) is 10.9 Å². The minimum absolute atomic E-state index is 0.179. The van der Waals surface area contributed by atoms with Crippen molar-refractivity contribution >= 4 is 22.7 Å². The first-order chi connectivity index (χ1) is 9.06. The summed E-state index contributed by atoms with van der Waals surface area (Å²) in [4.78, 5) is 15.0. The summed E-state index contributed by atoms with van der Waals surface area (Å²) in [7, 11) is 0. The van der Waals surface area contributed by atoms with E-state index in [4.69, 9.17) is 5.11 Å². The number of nitrogens with one attached hydrogen (secondary N) is 1. The summed E-state index contributed by atoms with van der Waals surface area (Å²) in [6, 6.07) is 8.22. The van der Waals surface area contributed by atoms with Crippen molar-refractivity contribution in [3.8, 4) is 0 Å². The lowest BCUT2D eigenvalue weighted by Gasteiger charge is -2.09. The molecule has 0 bridgehead atoms. The zero-order valence-corrected chi connectivity index (χ0v) is 11.2. The van der Waals surface area contributed by atoms with Gasteiger partial charge in [0, 0.05) is 18.4 Å². The first-order valence-electron chi connectivity index (χ1n) is 6.40. The van der Waals surface area contributed by atoms with Crippen molar-refractivity contribution < 1.29 is 9.90 Å². The third-order valence-corrected chi connectivity index (χ3v) is 3.05. The van der Waals surface area contributed by atoms with Gasteiger partial charge < -0.3 is 10.4 Å². The predicted molar refractivity (Wildman–Crippen MR) is 76.6 cm³/mol. The largest absolute Gasteiger partial charge is 0.481 e. The maximum absolute atomic E-state index is 10.4. The molecule has 4 nitrogen and oxygen atoms in total. The van der Waals surface area contributed by atoms with Crippen molar-refractivity contribution in [3.63, 3.8) is 0 Å². The summed E-state index contributed by atoms with van der Waals surface area (Å²) < 4.78 is 0. The van der Waals surface area contributed by atoms with E-state index in [1.807, 2.05) is 13.0 Å². The predicted octanol–water partition coefficient (Wildman–Crippen LogP) is 3.13. The van der Waals surface area contributed by atoms with Crippen LogP contribution < -0.4 is 5.32 Å². The zero-order valence-electron chi connectivity index (χ0n) is 11.2. The molecule has 0 saturated carbocycles. The van der Waals surface area contributed by atoms with E-state index in [1.54, 1.807) is 0 Å². The molecule has 19 heavy (non-hydrogen) atoms. The van der Waals surface area contributed by atoms with Gasteiger partial charge in [0.25, 0.3) is 0 Å². The van der Waals surface area contributed by atoms with Crippen molar-refractivity contribution in [3.05, 3.63) is 35.4 Å².